The van der Waals surface area contributed by atoms with Crippen molar-refractivity contribution in [3.05, 3.63) is 12.7 Å². The van der Waals surface area contributed by atoms with Crippen molar-refractivity contribution in [2.75, 3.05) is 21.1 Å². The number of hydrogen-bond acceptors (Lipinski definition) is 3. The van der Waals surface area contributed by atoms with Gasteiger partial charge >= 0.3 is 0 Å². The molecule has 0 bridgehead atoms. The van der Waals surface area contributed by atoms with Gasteiger partial charge in [-0.15, -0.1) is 18.2 Å². The molecule has 0 aliphatic heterocycles. The van der Waals surface area contributed by atoms with E-state index >= 15 is 0 Å². The van der Waals surface area contributed by atoms with Crippen molar-refractivity contribution < 1.29 is 0 Å². The van der Waals surface area contributed by atoms with Gasteiger partial charge in [-0.3, -0.25) is 0 Å². The highest BCUT2D eigenvalue weighted by molar-refractivity contribution is 6.23. The molecule has 1 atom stereocenters. The summed E-state index contributed by atoms with van der Waals surface area (Å²) < 4.78 is 0. The van der Waals surface area contributed by atoms with Crippen LogP contribution < -0.4 is 16.0 Å². The zero-order valence-corrected chi connectivity index (χ0v) is 10.3. The molecule has 0 aliphatic carbocycles. The summed E-state index contributed by atoms with van der Waals surface area (Å²) in [5.41, 5.74) is -0.193. The molecule has 0 amide bonds. The molecule has 14 heavy (non-hydrogen) atoms. The Labute approximate surface area is 92.3 Å². The van der Waals surface area contributed by atoms with E-state index in [0.29, 0.717) is 0 Å². The Kier molecular flexibility index (Phi) is 5.67. The number of nitrogens with one attached hydrogen (secondary N) is 3. The predicted molar refractivity (Wildman–Crippen MR) is 63.6 cm³/mol. The quantitative estimate of drug-likeness (QED) is 0.261. The molecule has 0 aromatic rings. The molecule has 0 aromatic carbocycles. The van der Waals surface area contributed by atoms with Gasteiger partial charge in [-0.1, -0.05) is 6.08 Å². The van der Waals surface area contributed by atoms with E-state index in [0.717, 1.165) is 12.8 Å². The van der Waals surface area contributed by atoms with E-state index in [4.69, 9.17) is 11.6 Å². The molecule has 0 aliphatic rings. The van der Waals surface area contributed by atoms with Gasteiger partial charge in [0.2, 0.25) is 0 Å². The fourth-order valence-corrected chi connectivity index (χ4v) is 1.71. The normalized spacial score (nSPS) is 16.4. The summed E-state index contributed by atoms with van der Waals surface area (Å²) in [5.74, 6) is 0. The Bertz CT molecular complexity index is 176. The first-order chi connectivity index (χ1) is 6.45. The molecule has 3 N–H and O–H groups in total. The average molecular weight is 220 g/mol. The van der Waals surface area contributed by atoms with Crippen molar-refractivity contribution in [2.45, 2.75) is 30.4 Å². The first kappa shape index (κ1) is 13.9. The van der Waals surface area contributed by atoms with Gasteiger partial charge < -0.3 is 16.0 Å². The van der Waals surface area contributed by atoms with Gasteiger partial charge in [0.25, 0.3) is 0 Å². The second-order valence-electron chi connectivity index (χ2n) is 3.70. The van der Waals surface area contributed by atoms with Crippen LogP contribution in [-0.2, 0) is 0 Å². The smallest absolute Gasteiger partial charge is 0.0935 e. The molecule has 1 unspecified atom stereocenters. The molecule has 0 heterocycles. The third-order valence-electron chi connectivity index (χ3n) is 2.60. The maximum absolute atomic E-state index is 6.27. The molecule has 0 fully saturated rings. The first-order valence-corrected chi connectivity index (χ1v) is 5.19. The molecule has 0 radical (unpaired) electrons. The predicted octanol–water partition coefficient (Wildman–Crippen LogP) is 1.26. The molecule has 0 saturated carbocycles. The molecule has 4 heteroatoms. The van der Waals surface area contributed by atoms with Crippen LogP contribution in [0.4, 0.5) is 0 Å². The Balaban J connectivity index is 4.56. The van der Waals surface area contributed by atoms with Crippen molar-refractivity contribution in [3.63, 3.8) is 0 Å². The SMILES string of the molecule is C=CCC(CC(C)(Cl)NC)(NC)NC. The Hall–Kier alpha value is -0.0900. The zero-order valence-electron chi connectivity index (χ0n) is 9.58. The molecule has 84 valence electrons. The van der Waals surface area contributed by atoms with Crippen LogP contribution in [0.25, 0.3) is 0 Å². The van der Waals surface area contributed by atoms with Crippen molar-refractivity contribution in [3.8, 4) is 0 Å². The molecular weight excluding hydrogens is 198 g/mol. The number of halogens is 1. The van der Waals surface area contributed by atoms with Crippen molar-refractivity contribution in [1.82, 2.24) is 16.0 Å². The highest BCUT2D eigenvalue weighted by atomic mass is 35.5. The second-order valence-corrected chi connectivity index (χ2v) is 4.53. The lowest BCUT2D eigenvalue weighted by atomic mass is 9.97. The number of alkyl halides is 1. The monoisotopic (exact) mass is 219 g/mol. The van der Waals surface area contributed by atoms with Crippen LogP contribution in [0.2, 0.25) is 0 Å². The van der Waals surface area contributed by atoms with Crippen LogP contribution >= 0.6 is 11.6 Å². The molecule has 3 nitrogen and oxygen atoms in total. The number of rotatable bonds is 7. The number of hydrogen-bond donors (Lipinski definition) is 3. The maximum Gasteiger partial charge on any atom is 0.0935 e. The van der Waals surface area contributed by atoms with Gasteiger partial charge in [-0.05, 0) is 34.5 Å². The van der Waals surface area contributed by atoms with Gasteiger partial charge in [0.15, 0.2) is 0 Å². The van der Waals surface area contributed by atoms with Gasteiger partial charge in [-0.2, -0.15) is 0 Å². The Morgan fingerprint density at radius 3 is 2.00 bits per heavy atom. The molecular formula is C10H22ClN3. The molecule has 0 saturated heterocycles. The van der Waals surface area contributed by atoms with Gasteiger partial charge in [0, 0.05) is 6.42 Å². The summed E-state index contributed by atoms with van der Waals surface area (Å²) in [7, 11) is 5.70. The van der Waals surface area contributed by atoms with Crippen molar-refractivity contribution in [2.24, 2.45) is 0 Å². The third kappa shape index (κ3) is 3.96. The van der Waals surface area contributed by atoms with Gasteiger partial charge in [-0.25, -0.2) is 0 Å². The lowest BCUT2D eigenvalue weighted by molar-refractivity contribution is 0.236. The van der Waals surface area contributed by atoms with E-state index < -0.39 is 5.00 Å². The highest BCUT2D eigenvalue weighted by Gasteiger charge is 2.33. The Morgan fingerprint density at radius 1 is 1.21 bits per heavy atom. The minimum Gasteiger partial charge on any atom is -0.302 e. The zero-order chi connectivity index (χ0) is 11.2. The van der Waals surface area contributed by atoms with Crippen molar-refractivity contribution >= 4 is 11.6 Å². The van der Waals surface area contributed by atoms with E-state index in [2.05, 4.69) is 22.5 Å². The lowest BCUT2D eigenvalue weighted by Gasteiger charge is -2.38. The minimum absolute atomic E-state index is 0.193. The average Bonchev–Trinajstić information content (AvgIpc) is 2.17. The second kappa shape index (κ2) is 5.71. The van der Waals surface area contributed by atoms with Crippen LogP contribution in [0.15, 0.2) is 12.7 Å². The van der Waals surface area contributed by atoms with E-state index in [9.17, 15) is 0 Å². The van der Waals surface area contributed by atoms with Gasteiger partial charge in [0.05, 0.1) is 10.7 Å². The topological polar surface area (TPSA) is 36.1 Å². The third-order valence-corrected chi connectivity index (χ3v) is 2.93. The maximum atomic E-state index is 6.27. The highest BCUT2D eigenvalue weighted by Crippen LogP contribution is 2.24. The standard InChI is InChI=1S/C10H22ClN3/c1-6-7-10(13-4,14-5)8-9(2,11)12-3/h6,12-14H,1,7-8H2,2-5H3. The summed E-state index contributed by atoms with van der Waals surface area (Å²) in [5, 5.41) is 9.57. The summed E-state index contributed by atoms with van der Waals surface area (Å²) in [6, 6.07) is 0. The first-order valence-electron chi connectivity index (χ1n) is 4.82. The van der Waals surface area contributed by atoms with Crippen LogP contribution in [0.3, 0.4) is 0 Å². The summed E-state index contributed by atoms with van der Waals surface area (Å²) >= 11 is 6.27. The van der Waals surface area contributed by atoms with E-state index in [1.54, 1.807) is 0 Å². The van der Waals surface area contributed by atoms with Gasteiger partial charge in [0.1, 0.15) is 0 Å². The minimum atomic E-state index is -0.422. The summed E-state index contributed by atoms with van der Waals surface area (Å²) in [4.78, 5) is -0.422. The fraction of sp³-hybridized carbons (Fsp3) is 0.800. The van der Waals surface area contributed by atoms with E-state index in [1.165, 1.54) is 0 Å². The lowest BCUT2D eigenvalue weighted by Crippen LogP contribution is -2.58. The summed E-state index contributed by atoms with van der Waals surface area (Å²) in [6.07, 6.45) is 3.47. The Morgan fingerprint density at radius 2 is 1.71 bits per heavy atom. The van der Waals surface area contributed by atoms with Crippen LogP contribution in [-0.4, -0.2) is 31.8 Å². The van der Waals surface area contributed by atoms with E-state index in [-0.39, 0.29) is 5.66 Å². The van der Waals surface area contributed by atoms with Crippen LogP contribution in [0, 0.1) is 0 Å². The fourth-order valence-electron chi connectivity index (χ4n) is 1.48. The van der Waals surface area contributed by atoms with Crippen molar-refractivity contribution in [1.29, 1.82) is 0 Å². The molecule has 0 rings (SSSR count). The van der Waals surface area contributed by atoms with E-state index in [1.807, 2.05) is 34.1 Å². The molecule has 0 aromatic heterocycles. The largest absolute Gasteiger partial charge is 0.302 e. The van der Waals surface area contributed by atoms with Crippen LogP contribution in [0.1, 0.15) is 19.8 Å². The summed E-state index contributed by atoms with van der Waals surface area (Å²) in [6.45, 7) is 5.71. The molecule has 0 spiro atoms. The van der Waals surface area contributed by atoms with Crippen LogP contribution in [0.5, 0.6) is 0 Å².